The van der Waals surface area contributed by atoms with Gasteiger partial charge < -0.3 is 20.1 Å². The molecule has 0 saturated heterocycles. The third kappa shape index (κ3) is 6.59. The summed E-state index contributed by atoms with van der Waals surface area (Å²) in [6, 6.07) is 14.7. The van der Waals surface area contributed by atoms with Gasteiger partial charge in [-0.05, 0) is 41.7 Å². The van der Waals surface area contributed by atoms with Crippen molar-refractivity contribution < 1.29 is 19.1 Å². The van der Waals surface area contributed by atoms with E-state index in [0.29, 0.717) is 36.6 Å². The first-order valence-electron chi connectivity index (χ1n) is 10.2. The summed E-state index contributed by atoms with van der Waals surface area (Å²) >= 11 is 0. The largest absolute Gasteiger partial charge is 0.481 e. The molecule has 1 atom stereocenters. The summed E-state index contributed by atoms with van der Waals surface area (Å²) in [6.45, 7) is 9.14. The van der Waals surface area contributed by atoms with Crippen molar-refractivity contribution in [2.24, 2.45) is 0 Å². The van der Waals surface area contributed by atoms with Crippen LogP contribution in [0.3, 0.4) is 0 Å². The molecule has 2 aromatic carbocycles. The van der Waals surface area contributed by atoms with Gasteiger partial charge >= 0.3 is 0 Å². The van der Waals surface area contributed by atoms with Crippen molar-refractivity contribution in [1.82, 2.24) is 5.32 Å². The minimum atomic E-state index is -0.671. The molecule has 1 unspecified atom stereocenters. The summed E-state index contributed by atoms with van der Waals surface area (Å²) in [7, 11) is 1.57. The molecule has 0 bridgehead atoms. The van der Waals surface area contributed by atoms with Crippen LogP contribution in [0, 0.1) is 0 Å². The smallest absolute Gasteiger partial charge is 0.265 e. The molecule has 6 heteroatoms. The van der Waals surface area contributed by atoms with Gasteiger partial charge in [-0.3, -0.25) is 9.59 Å². The summed E-state index contributed by atoms with van der Waals surface area (Å²) in [5.41, 5.74) is 2.09. The second-order valence-corrected chi connectivity index (χ2v) is 8.07. The van der Waals surface area contributed by atoms with Crippen molar-refractivity contribution in [3.05, 3.63) is 59.7 Å². The number of carbonyl (C=O) groups excluding carboxylic acids is 2. The van der Waals surface area contributed by atoms with E-state index in [9.17, 15) is 9.59 Å². The van der Waals surface area contributed by atoms with Gasteiger partial charge in [-0.25, -0.2) is 0 Å². The average molecular weight is 413 g/mol. The molecule has 2 aromatic rings. The molecule has 2 amide bonds. The van der Waals surface area contributed by atoms with Crippen LogP contribution in [-0.4, -0.2) is 38.2 Å². The molecule has 6 nitrogen and oxygen atoms in total. The maximum atomic E-state index is 12.8. The van der Waals surface area contributed by atoms with E-state index < -0.39 is 6.10 Å². The van der Waals surface area contributed by atoms with E-state index >= 15 is 0 Å². The van der Waals surface area contributed by atoms with E-state index in [4.69, 9.17) is 9.47 Å². The number of ether oxygens (including phenoxy) is 2. The van der Waals surface area contributed by atoms with Gasteiger partial charge in [0.1, 0.15) is 5.75 Å². The fourth-order valence-electron chi connectivity index (χ4n) is 2.89. The van der Waals surface area contributed by atoms with Crippen molar-refractivity contribution in [3.8, 4) is 5.75 Å². The normalized spacial score (nSPS) is 12.2. The molecule has 2 rings (SSSR count). The van der Waals surface area contributed by atoms with Crippen molar-refractivity contribution >= 4 is 17.5 Å². The summed E-state index contributed by atoms with van der Waals surface area (Å²) in [4.78, 5) is 25.2. The van der Waals surface area contributed by atoms with Crippen LogP contribution >= 0.6 is 0 Å². The van der Waals surface area contributed by atoms with Crippen LogP contribution < -0.4 is 15.4 Å². The number of rotatable bonds is 9. The number of methoxy groups -OCH3 is 1. The number of hydrogen-bond donors (Lipinski definition) is 2. The first-order chi connectivity index (χ1) is 14.3. The van der Waals surface area contributed by atoms with Crippen molar-refractivity contribution in [1.29, 1.82) is 0 Å². The van der Waals surface area contributed by atoms with Crippen molar-refractivity contribution in [3.63, 3.8) is 0 Å². The lowest BCUT2D eigenvalue weighted by molar-refractivity contribution is -0.122. The number of benzene rings is 2. The fourth-order valence-corrected chi connectivity index (χ4v) is 2.89. The Morgan fingerprint density at radius 1 is 1.03 bits per heavy atom. The van der Waals surface area contributed by atoms with E-state index in [-0.39, 0.29) is 17.2 Å². The van der Waals surface area contributed by atoms with Crippen LogP contribution in [0.5, 0.6) is 5.75 Å². The molecule has 0 fully saturated rings. The number of para-hydroxylation sites is 1. The third-order valence-corrected chi connectivity index (χ3v) is 4.68. The zero-order valence-electron chi connectivity index (χ0n) is 18.5. The molecule has 0 aliphatic heterocycles. The first kappa shape index (κ1) is 23.4. The molecule has 162 valence electrons. The second kappa shape index (κ2) is 10.8. The Labute approximate surface area is 179 Å². The Balaban J connectivity index is 2.07. The predicted octanol–water partition coefficient (Wildman–Crippen LogP) is 4.16. The number of nitrogens with one attached hydrogen (secondary N) is 2. The van der Waals surface area contributed by atoms with Gasteiger partial charge in [0.25, 0.3) is 11.8 Å². The van der Waals surface area contributed by atoms with Crippen LogP contribution in [0.1, 0.15) is 50.0 Å². The van der Waals surface area contributed by atoms with E-state index in [2.05, 4.69) is 31.4 Å². The van der Waals surface area contributed by atoms with E-state index in [1.807, 2.05) is 31.2 Å². The highest BCUT2D eigenvalue weighted by molar-refractivity contribution is 6.04. The highest BCUT2D eigenvalue weighted by Crippen LogP contribution is 2.25. The van der Waals surface area contributed by atoms with E-state index in [0.717, 1.165) is 0 Å². The number of carbonyl (C=O) groups is 2. The molecular weight excluding hydrogens is 380 g/mol. The molecule has 0 radical (unpaired) electrons. The average Bonchev–Trinajstić information content (AvgIpc) is 2.72. The fraction of sp³-hybridized carbons (Fsp3) is 0.417. The van der Waals surface area contributed by atoms with Gasteiger partial charge in [0, 0.05) is 13.7 Å². The Morgan fingerprint density at radius 3 is 2.30 bits per heavy atom. The maximum Gasteiger partial charge on any atom is 0.265 e. The molecule has 0 aliphatic rings. The van der Waals surface area contributed by atoms with Crippen molar-refractivity contribution in [2.75, 3.05) is 25.6 Å². The number of hydrogen-bond acceptors (Lipinski definition) is 4. The lowest BCUT2D eigenvalue weighted by Gasteiger charge is -2.21. The zero-order chi connectivity index (χ0) is 22.1. The topological polar surface area (TPSA) is 76.7 Å². The summed E-state index contributed by atoms with van der Waals surface area (Å²) in [6.07, 6.45) is -0.176. The zero-order valence-corrected chi connectivity index (χ0v) is 18.5. The van der Waals surface area contributed by atoms with Crippen LogP contribution in [0.2, 0.25) is 0 Å². The molecule has 0 aromatic heterocycles. The molecule has 2 N–H and O–H groups in total. The highest BCUT2D eigenvalue weighted by atomic mass is 16.5. The lowest BCUT2D eigenvalue weighted by Crippen LogP contribution is -2.34. The van der Waals surface area contributed by atoms with Crippen LogP contribution in [0.4, 0.5) is 5.69 Å². The number of anilines is 1. The van der Waals surface area contributed by atoms with Gasteiger partial charge in [-0.15, -0.1) is 0 Å². The molecule has 30 heavy (non-hydrogen) atoms. The first-order valence-corrected chi connectivity index (χ1v) is 10.2. The van der Waals surface area contributed by atoms with Gasteiger partial charge in [-0.1, -0.05) is 52.0 Å². The minimum absolute atomic E-state index is 0.0492. The van der Waals surface area contributed by atoms with E-state index in [1.165, 1.54) is 5.56 Å². The molecule has 0 spiro atoms. The minimum Gasteiger partial charge on any atom is -0.481 e. The van der Waals surface area contributed by atoms with Crippen LogP contribution in [0.15, 0.2) is 48.5 Å². The summed E-state index contributed by atoms with van der Waals surface area (Å²) < 4.78 is 10.9. The predicted molar refractivity (Wildman–Crippen MR) is 119 cm³/mol. The quantitative estimate of drug-likeness (QED) is 0.607. The summed E-state index contributed by atoms with van der Waals surface area (Å²) in [5, 5.41) is 5.60. The summed E-state index contributed by atoms with van der Waals surface area (Å²) in [5.74, 6) is 0.0693. The van der Waals surface area contributed by atoms with E-state index in [1.54, 1.807) is 31.4 Å². The molecular formula is C24H32N2O4. The number of amides is 2. The standard InChI is InChI=1S/C24H32N2O4/c1-6-21(30-18-13-11-17(12-14-18)24(2,3)4)23(28)26-20-10-8-7-9-19(20)22(27)25-15-16-29-5/h7-14,21H,6,15-16H2,1-5H3,(H,25,27)(H,26,28). The molecule has 0 saturated carbocycles. The van der Waals surface area contributed by atoms with Gasteiger partial charge in [0.05, 0.1) is 17.9 Å². The SMILES string of the molecule is CCC(Oc1ccc(C(C)(C)C)cc1)C(=O)Nc1ccccc1C(=O)NCCOC. The van der Waals surface area contributed by atoms with Gasteiger partial charge in [0.15, 0.2) is 6.10 Å². The Hall–Kier alpha value is -2.86. The highest BCUT2D eigenvalue weighted by Gasteiger charge is 2.21. The molecule has 0 aliphatic carbocycles. The Kier molecular flexibility index (Phi) is 8.42. The van der Waals surface area contributed by atoms with Crippen molar-refractivity contribution in [2.45, 2.75) is 45.6 Å². The van der Waals surface area contributed by atoms with Gasteiger partial charge in [0.2, 0.25) is 0 Å². The second-order valence-electron chi connectivity index (χ2n) is 8.07. The van der Waals surface area contributed by atoms with Crippen LogP contribution in [-0.2, 0) is 14.9 Å². The Morgan fingerprint density at radius 2 is 1.70 bits per heavy atom. The molecule has 0 heterocycles. The van der Waals surface area contributed by atoms with Crippen LogP contribution in [0.25, 0.3) is 0 Å². The third-order valence-electron chi connectivity index (χ3n) is 4.68. The maximum absolute atomic E-state index is 12.8. The monoisotopic (exact) mass is 412 g/mol. The Bertz CT molecular complexity index is 841. The van der Waals surface area contributed by atoms with Gasteiger partial charge in [-0.2, -0.15) is 0 Å². The lowest BCUT2D eigenvalue weighted by atomic mass is 9.87.